The fraction of sp³-hybridized carbons (Fsp3) is 0.389. The van der Waals surface area contributed by atoms with E-state index in [0.717, 1.165) is 12.4 Å². The second kappa shape index (κ2) is 8.01. The van der Waals surface area contributed by atoms with Crippen molar-refractivity contribution < 1.29 is 9.59 Å². The van der Waals surface area contributed by atoms with Crippen LogP contribution in [-0.2, 0) is 11.8 Å². The Morgan fingerprint density at radius 1 is 1.31 bits per heavy atom. The Morgan fingerprint density at radius 2 is 2.08 bits per heavy atom. The molecule has 8 nitrogen and oxygen atoms in total. The highest BCUT2D eigenvalue weighted by Crippen LogP contribution is 2.21. The molecule has 1 aliphatic rings. The van der Waals surface area contributed by atoms with E-state index in [1.807, 2.05) is 36.0 Å². The van der Waals surface area contributed by atoms with Crippen LogP contribution in [0.2, 0.25) is 0 Å². The van der Waals surface area contributed by atoms with Crippen molar-refractivity contribution in [2.45, 2.75) is 19.0 Å². The van der Waals surface area contributed by atoms with Crippen molar-refractivity contribution in [3.05, 3.63) is 48.5 Å². The summed E-state index contributed by atoms with van der Waals surface area (Å²) in [6.07, 6.45) is 3.59. The average Bonchev–Trinajstić information content (AvgIpc) is 3.07. The van der Waals surface area contributed by atoms with Gasteiger partial charge in [-0.3, -0.25) is 4.79 Å². The first kappa shape index (κ1) is 17.9. The molecular weight excluding hydrogens is 332 g/mol. The van der Waals surface area contributed by atoms with Gasteiger partial charge in [-0.05, 0) is 19.1 Å². The van der Waals surface area contributed by atoms with Gasteiger partial charge in [0.2, 0.25) is 5.91 Å². The molecule has 0 bridgehead atoms. The zero-order chi connectivity index (χ0) is 18.5. The molecule has 2 heterocycles. The van der Waals surface area contributed by atoms with Gasteiger partial charge in [0.15, 0.2) is 0 Å². The van der Waals surface area contributed by atoms with Crippen LogP contribution in [0.5, 0.6) is 0 Å². The van der Waals surface area contributed by atoms with Crippen LogP contribution in [0.3, 0.4) is 0 Å². The number of urea groups is 1. The van der Waals surface area contributed by atoms with Gasteiger partial charge in [0, 0.05) is 44.8 Å². The smallest absolute Gasteiger partial charge is 0.319 e. The van der Waals surface area contributed by atoms with Crippen molar-refractivity contribution >= 4 is 17.6 Å². The summed E-state index contributed by atoms with van der Waals surface area (Å²) in [6, 6.07) is 7.93. The normalized spacial score (nSPS) is 18.2. The van der Waals surface area contributed by atoms with E-state index in [-0.39, 0.29) is 11.9 Å². The molecule has 3 amide bonds. The van der Waals surface area contributed by atoms with Crippen molar-refractivity contribution in [3.8, 4) is 0 Å². The first-order valence-corrected chi connectivity index (χ1v) is 8.67. The lowest BCUT2D eigenvalue weighted by Gasteiger charge is -2.37. The van der Waals surface area contributed by atoms with Crippen molar-refractivity contribution in [1.29, 1.82) is 0 Å². The van der Waals surface area contributed by atoms with E-state index in [0.29, 0.717) is 18.8 Å². The molecule has 2 aromatic rings. The van der Waals surface area contributed by atoms with Gasteiger partial charge in [-0.2, -0.15) is 0 Å². The number of benzene rings is 1. The van der Waals surface area contributed by atoms with Crippen LogP contribution in [0.1, 0.15) is 18.8 Å². The summed E-state index contributed by atoms with van der Waals surface area (Å²) < 4.78 is 1.91. The summed E-state index contributed by atoms with van der Waals surface area (Å²) in [7, 11) is 1.91. The van der Waals surface area contributed by atoms with Gasteiger partial charge in [-0.1, -0.05) is 18.2 Å². The lowest BCUT2D eigenvalue weighted by Crippen LogP contribution is -2.55. The third kappa shape index (κ3) is 4.02. The zero-order valence-electron chi connectivity index (χ0n) is 15.0. The fourth-order valence-electron chi connectivity index (χ4n) is 3.09. The third-order valence-corrected chi connectivity index (χ3v) is 4.43. The number of piperazine rings is 1. The Bertz CT molecular complexity index is 760. The number of carbonyl (C=O) groups is 2. The predicted octanol–water partition coefficient (Wildman–Crippen LogP) is 1.10. The Morgan fingerprint density at radius 3 is 2.77 bits per heavy atom. The van der Waals surface area contributed by atoms with Gasteiger partial charge < -0.3 is 25.4 Å². The minimum atomic E-state index is -0.639. The molecule has 138 valence electrons. The molecule has 0 aliphatic carbocycles. The summed E-state index contributed by atoms with van der Waals surface area (Å²) >= 11 is 0. The van der Waals surface area contributed by atoms with E-state index >= 15 is 0 Å². The lowest BCUT2D eigenvalue weighted by molar-refractivity contribution is -0.136. The van der Waals surface area contributed by atoms with E-state index in [1.54, 1.807) is 30.2 Å². The van der Waals surface area contributed by atoms with Crippen LogP contribution in [0.15, 0.2) is 42.7 Å². The Labute approximate surface area is 152 Å². The van der Waals surface area contributed by atoms with Crippen LogP contribution in [-0.4, -0.2) is 52.1 Å². The van der Waals surface area contributed by atoms with Gasteiger partial charge in [-0.15, -0.1) is 0 Å². The maximum Gasteiger partial charge on any atom is 0.319 e. The molecule has 1 saturated heterocycles. The maximum absolute atomic E-state index is 12.9. The molecule has 3 N–H and O–H groups in total. The Balaban J connectivity index is 1.64. The van der Waals surface area contributed by atoms with E-state index in [1.165, 1.54) is 0 Å². The summed E-state index contributed by atoms with van der Waals surface area (Å²) in [5.74, 6) is 0.703. The number of rotatable bonds is 4. The molecule has 2 atom stereocenters. The van der Waals surface area contributed by atoms with Crippen molar-refractivity contribution in [2.75, 3.05) is 25.0 Å². The van der Waals surface area contributed by atoms with E-state index in [4.69, 9.17) is 0 Å². The Hall–Kier alpha value is -2.87. The van der Waals surface area contributed by atoms with Crippen molar-refractivity contribution in [1.82, 2.24) is 25.1 Å². The first-order valence-electron chi connectivity index (χ1n) is 8.67. The molecule has 0 saturated carbocycles. The predicted molar refractivity (Wildman–Crippen MR) is 98.6 cm³/mol. The molecule has 3 rings (SSSR count). The summed E-state index contributed by atoms with van der Waals surface area (Å²) in [6.45, 7) is 3.63. The van der Waals surface area contributed by atoms with Crippen LogP contribution in [0.25, 0.3) is 0 Å². The molecule has 8 heteroatoms. The molecule has 1 aromatic carbocycles. The molecule has 1 aliphatic heterocycles. The highest BCUT2D eigenvalue weighted by atomic mass is 16.2. The number of aromatic nitrogens is 2. The molecule has 0 radical (unpaired) electrons. The number of carbonyl (C=O) groups excluding carboxylic acids is 2. The number of hydrogen-bond acceptors (Lipinski definition) is 4. The molecule has 26 heavy (non-hydrogen) atoms. The van der Waals surface area contributed by atoms with Crippen LogP contribution in [0, 0.1) is 0 Å². The summed E-state index contributed by atoms with van der Waals surface area (Å²) in [5.41, 5.74) is 0.678. The van der Waals surface area contributed by atoms with Crippen molar-refractivity contribution in [3.63, 3.8) is 0 Å². The standard InChI is InChI=1S/C18H24N6O2/c1-13(21-18(26)22-14-6-4-3-5-7-14)17(25)24-11-8-19-12-15(24)16-20-9-10-23(16)2/h3-7,9-10,13,15,19H,8,11-12H2,1-2H3,(H2,21,22,26). The van der Waals surface area contributed by atoms with Gasteiger partial charge in [0.25, 0.3) is 0 Å². The number of nitrogens with one attached hydrogen (secondary N) is 3. The van der Waals surface area contributed by atoms with E-state index in [2.05, 4.69) is 20.9 Å². The third-order valence-electron chi connectivity index (χ3n) is 4.43. The summed E-state index contributed by atoms with van der Waals surface area (Å²) in [4.78, 5) is 31.2. The number of amides is 3. The number of imidazole rings is 1. The second-order valence-electron chi connectivity index (χ2n) is 6.33. The molecule has 2 unspecified atom stereocenters. The SMILES string of the molecule is CC(NC(=O)Nc1ccccc1)C(=O)N1CCNCC1c1nccn1C. The average molecular weight is 356 g/mol. The topological polar surface area (TPSA) is 91.3 Å². The number of para-hydroxylation sites is 1. The zero-order valence-corrected chi connectivity index (χ0v) is 15.0. The molecular formula is C18H24N6O2. The van der Waals surface area contributed by atoms with Gasteiger partial charge in [0.05, 0.1) is 0 Å². The maximum atomic E-state index is 12.9. The molecule has 1 fully saturated rings. The van der Waals surface area contributed by atoms with Crippen LogP contribution in [0.4, 0.5) is 10.5 Å². The first-order chi connectivity index (χ1) is 12.6. The minimum Gasteiger partial charge on any atom is -0.336 e. The lowest BCUT2D eigenvalue weighted by atomic mass is 10.1. The minimum absolute atomic E-state index is 0.122. The van der Waals surface area contributed by atoms with Crippen molar-refractivity contribution in [2.24, 2.45) is 7.05 Å². The number of hydrogen-bond donors (Lipinski definition) is 3. The fourth-order valence-corrected chi connectivity index (χ4v) is 3.09. The van der Waals surface area contributed by atoms with Gasteiger partial charge >= 0.3 is 6.03 Å². The van der Waals surface area contributed by atoms with E-state index in [9.17, 15) is 9.59 Å². The van der Waals surface area contributed by atoms with Crippen LogP contribution < -0.4 is 16.0 Å². The van der Waals surface area contributed by atoms with Crippen LogP contribution >= 0.6 is 0 Å². The monoisotopic (exact) mass is 356 g/mol. The number of anilines is 1. The number of aryl methyl sites for hydroxylation is 1. The van der Waals surface area contributed by atoms with Gasteiger partial charge in [0.1, 0.15) is 17.9 Å². The van der Waals surface area contributed by atoms with E-state index < -0.39 is 12.1 Å². The molecule has 1 aromatic heterocycles. The number of nitrogens with zero attached hydrogens (tertiary/aromatic N) is 3. The largest absolute Gasteiger partial charge is 0.336 e. The quantitative estimate of drug-likeness (QED) is 0.765. The highest BCUT2D eigenvalue weighted by molar-refractivity contribution is 5.93. The summed E-state index contributed by atoms with van der Waals surface area (Å²) in [5, 5.41) is 8.75. The molecule has 0 spiro atoms. The Kier molecular flexibility index (Phi) is 5.52. The second-order valence-corrected chi connectivity index (χ2v) is 6.33. The highest BCUT2D eigenvalue weighted by Gasteiger charge is 2.33. The van der Waals surface area contributed by atoms with Gasteiger partial charge in [-0.25, -0.2) is 9.78 Å².